The van der Waals surface area contributed by atoms with Crippen molar-refractivity contribution in [3.05, 3.63) is 58.4 Å². The van der Waals surface area contributed by atoms with Crippen molar-refractivity contribution in [1.29, 1.82) is 0 Å². The number of benzene rings is 2. The summed E-state index contributed by atoms with van der Waals surface area (Å²) in [5.41, 5.74) is 3.05. The number of rotatable bonds is 3. The summed E-state index contributed by atoms with van der Waals surface area (Å²) in [4.78, 5) is 18.0. The van der Waals surface area contributed by atoms with Crippen LogP contribution in [0.25, 0.3) is 22.2 Å². The number of phenols is 2. The molecule has 0 aliphatic carbocycles. The summed E-state index contributed by atoms with van der Waals surface area (Å²) in [5, 5.41) is 25.0. The Labute approximate surface area is 181 Å². The Balaban J connectivity index is 1.46. The van der Waals surface area contributed by atoms with Crippen LogP contribution in [0.5, 0.6) is 17.2 Å². The monoisotopic (exact) mass is 439 g/mol. The maximum absolute atomic E-state index is 13.2. The van der Waals surface area contributed by atoms with Gasteiger partial charge in [-0.1, -0.05) is 16.8 Å². The molecule has 158 valence electrons. The number of nitrogens with one attached hydrogen (secondary N) is 1. The molecule has 9 heteroatoms. The van der Waals surface area contributed by atoms with Gasteiger partial charge in [0.05, 0.1) is 29.9 Å². The molecule has 31 heavy (non-hydrogen) atoms. The highest BCUT2D eigenvalue weighted by atomic mass is 35.5. The minimum absolute atomic E-state index is 0.0789. The van der Waals surface area contributed by atoms with Crippen LogP contribution in [0.3, 0.4) is 0 Å². The first-order valence-electron chi connectivity index (χ1n) is 9.60. The van der Waals surface area contributed by atoms with E-state index in [0.29, 0.717) is 35.5 Å². The number of fused-ring (bicyclic) bond motifs is 2. The van der Waals surface area contributed by atoms with Crippen LogP contribution >= 0.6 is 11.6 Å². The summed E-state index contributed by atoms with van der Waals surface area (Å²) in [6, 6.07) is 9.94. The van der Waals surface area contributed by atoms with E-state index in [0.717, 1.165) is 28.4 Å². The molecule has 3 N–H and O–H groups in total. The van der Waals surface area contributed by atoms with Gasteiger partial charge in [0.1, 0.15) is 22.9 Å². The number of carbonyl (C=O) groups excluding carboxylic acids is 1. The Bertz CT molecular complexity index is 1330. The van der Waals surface area contributed by atoms with Crippen molar-refractivity contribution in [3.8, 4) is 28.6 Å². The Hall–Kier alpha value is -3.65. The first-order chi connectivity index (χ1) is 14.9. The molecule has 1 aliphatic rings. The summed E-state index contributed by atoms with van der Waals surface area (Å²) >= 11 is 6.00. The van der Waals surface area contributed by atoms with Crippen molar-refractivity contribution in [2.45, 2.75) is 13.0 Å². The van der Waals surface area contributed by atoms with Crippen molar-refractivity contribution < 1.29 is 24.3 Å². The van der Waals surface area contributed by atoms with Gasteiger partial charge >= 0.3 is 0 Å². The van der Waals surface area contributed by atoms with Gasteiger partial charge in [-0.3, -0.25) is 4.79 Å². The smallest absolute Gasteiger partial charge is 0.270 e. The highest BCUT2D eigenvalue weighted by Gasteiger charge is 2.30. The third kappa shape index (κ3) is 3.25. The Morgan fingerprint density at radius 3 is 2.87 bits per heavy atom. The van der Waals surface area contributed by atoms with Crippen LogP contribution in [0, 0.1) is 0 Å². The second-order valence-corrected chi connectivity index (χ2v) is 7.78. The number of aromatic hydroxyl groups is 2. The van der Waals surface area contributed by atoms with Gasteiger partial charge < -0.3 is 29.4 Å². The van der Waals surface area contributed by atoms with Crippen LogP contribution in [-0.4, -0.2) is 44.8 Å². The number of hydrogen-bond acceptors (Lipinski definition) is 6. The van der Waals surface area contributed by atoms with Gasteiger partial charge in [-0.05, 0) is 30.3 Å². The topological polar surface area (TPSA) is 112 Å². The van der Waals surface area contributed by atoms with E-state index in [1.165, 1.54) is 6.07 Å². The van der Waals surface area contributed by atoms with Gasteiger partial charge in [-0.2, -0.15) is 0 Å². The van der Waals surface area contributed by atoms with Crippen LogP contribution < -0.4 is 4.74 Å². The maximum atomic E-state index is 13.2. The number of methoxy groups -OCH3 is 1. The van der Waals surface area contributed by atoms with Gasteiger partial charge in [0, 0.05) is 35.5 Å². The zero-order valence-electron chi connectivity index (χ0n) is 16.5. The average molecular weight is 440 g/mol. The van der Waals surface area contributed by atoms with E-state index in [4.69, 9.17) is 20.9 Å². The zero-order valence-corrected chi connectivity index (χ0v) is 17.2. The number of halogens is 1. The lowest BCUT2D eigenvalue weighted by Gasteiger charge is -2.26. The third-order valence-electron chi connectivity index (χ3n) is 5.49. The molecule has 1 aliphatic heterocycles. The van der Waals surface area contributed by atoms with Gasteiger partial charge in [0.2, 0.25) is 0 Å². The van der Waals surface area contributed by atoms with Crippen LogP contribution in [-0.2, 0) is 13.0 Å². The van der Waals surface area contributed by atoms with Crippen LogP contribution in [0.4, 0.5) is 0 Å². The second kappa shape index (κ2) is 7.24. The number of H-pyrrole nitrogens is 1. The van der Waals surface area contributed by atoms with E-state index in [9.17, 15) is 15.0 Å². The summed E-state index contributed by atoms with van der Waals surface area (Å²) in [7, 11) is 1.60. The summed E-state index contributed by atoms with van der Waals surface area (Å²) in [5.74, 6) is 0.473. The molecule has 4 aromatic rings. The number of hydrogen-bond donors (Lipinski definition) is 3. The van der Waals surface area contributed by atoms with Crippen LogP contribution in [0.1, 0.15) is 21.7 Å². The van der Waals surface area contributed by atoms with E-state index in [1.807, 2.05) is 18.2 Å². The quantitative estimate of drug-likeness (QED) is 0.443. The molecule has 0 bridgehead atoms. The van der Waals surface area contributed by atoms with E-state index in [1.54, 1.807) is 18.1 Å². The second-order valence-electron chi connectivity index (χ2n) is 7.37. The maximum Gasteiger partial charge on any atom is 0.270 e. The number of amides is 1. The average Bonchev–Trinajstić information content (AvgIpc) is 3.38. The molecule has 0 spiro atoms. The first kappa shape index (κ1) is 19.3. The van der Waals surface area contributed by atoms with Crippen LogP contribution in [0.2, 0.25) is 5.02 Å². The fourth-order valence-corrected chi connectivity index (χ4v) is 4.02. The molecule has 0 saturated carbocycles. The van der Waals surface area contributed by atoms with E-state index in [2.05, 4.69) is 10.1 Å². The van der Waals surface area contributed by atoms with E-state index >= 15 is 0 Å². The van der Waals surface area contributed by atoms with E-state index < -0.39 is 0 Å². The number of carbonyl (C=O) groups is 1. The molecule has 2 aromatic heterocycles. The van der Waals surface area contributed by atoms with Crippen molar-refractivity contribution in [2.75, 3.05) is 13.7 Å². The SMILES string of the molecule is COc1ccc2[nH]c(C(=O)N3CCc4noc(-c5cc(Cl)c(O)cc5O)c4C3)cc2c1. The van der Waals surface area contributed by atoms with Crippen molar-refractivity contribution in [3.63, 3.8) is 0 Å². The van der Waals surface area contributed by atoms with Crippen molar-refractivity contribution >= 4 is 28.4 Å². The van der Waals surface area contributed by atoms with Gasteiger partial charge in [0.25, 0.3) is 5.91 Å². The predicted octanol–water partition coefficient (Wildman–Crippen LogP) is 4.09. The summed E-state index contributed by atoms with van der Waals surface area (Å²) in [6.45, 7) is 0.752. The van der Waals surface area contributed by atoms with E-state index in [-0.39, 0.29) is 29.0 Å². The largest absolute Gasteiger partial charge is 0.507 e. The molecule has 2 aromatic carbocycles. The molecule has 0 radical (unpaired) electrons. The first-order valence-corrected chi connectivity index (χ1v) is 9.97. The van der Waals surface area contributed by atoms with Gasteiger partial charge in [-0.25, -0.2) is 0 Å². The lowest BCUT2D eigenvalue weighted by molar-refractivity contribution is 0.0729. The third-order valence-corrected chi connectivity index (χ3v) is 5.80. The molecule has 5 rings (SSSR count). The fourth-order valence-electron chi connectivity index (χ4n) is 3.85. The van der Waals surface area contributed by atoms with Crippen molar-refractivity contribution in [1.82, 2.24) is 15.0 Å². The summed E-state index contributed by atoms with van der Waals surface area (Å²) < 4.78 is 10.7. The molecular formula is C22H18ClN3O5. The van der Waals surface area contributed by atoms with Gasteiger partial charge in [-0.15, -0.1) is 0 Å². The van der Waals surface area contributed by atoms with Crippen molar-refractivity contribution in [2.24, 2.45) is 0 Å². The highest BCUT2D eigenvalue weighted by molar-refractivity contribution is 6.32. The number of ether oxygens (including phenoxy) is 1. The molecule has 1 amide bonds. The van der Waals surface area contributed by atoms with Crippen LogP contribution in [0.15, 0.2) is 40.9 Å². The molecule has 0 atom stereocenters. The lowest BCUT2D eigenvalue weighted by Crippen LogP contribution is -2.36. The fraction of sp³-hybridized carbons (Fsp3) is 0.182. The predicted molar refractivity (Wildman–Crippen MR) is 114 cm³/mol. The van der Waals surface area contributed by atoms with Gasteiger partial charge in [0.15, 0.2) is 5.76 Å². The minimum atomic E-state index is -0.233. The number of nitrogens with zero attached hydrogens (tertiary/aromatic N) is 2. The molecule has 3 heterocycles. The molecule has 0 saturated heterocycles. The summed E-state index contributed by atoms with van der Waals surface area (Å²) in [6.07, 6.45) is 0.519. The minimum Gasteiger partial charge on any atom is -0.507 e. The molecule has 0 unspecified atom stereocenters. The molecule has 8 nitrogen and oxygen atoms in total. The number of aromatic amines is 1. The lowest BCUT2D eigenvalue weighted by atomic mass is 10.0. The highest BCUT2D eigenvalue weighted by Crippen LogP contribution is 2.40. The number of aromatic nitrogens is 2. The molecule has 0 fully saturated rings. The standard InChI is InChI=1S/C22H18ClN3O5/c1-30-12-2-3-16-11(6-12)7-18(24-16)22(29)26-5-4-17-14(10-26)21(31-25-17)13-8-15(23)20(28)9-19(13)27/h2-3,6-9,24,27-28H,4-5,10H2,1H3. The zero-order chi connectivity index (χ0) is 21.7. The normalized spacial score (nSPS) is 13.4. The Morgan fingerprint density at radius 2 is 2.06 bits per heavy atom. The molecular weight excluding hydrogens is 422 g/mol. The Morgan fingerprint density at radius 1 is 1.23 bits per heavy atom. The number of phenolic OH excluding ortho intramolecular Hbond substituents is 2. The Kier molecular flexibility index (Phi) is 4.51.